The quantitative estimate of drug-likeness (QED) is 0.461. The number of halogens is 1. The molecule has 32 heavy (non-hydrogen) atoms. The van der Waals surface area contributed by atoms with Gasteiger partial charge in [-0.05, 0) is 50.2 Å². The molecule has 10 heteroatoms. The number of benzene rings is 2. The summed E-state index contributed by atoms with van der Waals surface area (Å²) in [6, 6.07) is 13.4. The highest BCUT2D eigenvalue weighted by atomic mass is 35.5. The average Bonchev–Trinajstić information content (AvgIpc) is 3.24. The monoisotopic (exact) mass is 472 g/mol. The van der Waals surface area contributed by atoms with Crippen molar-refractivity contribution in [2.45, 2.75) is 25.3 Å². The van der Waals surface area contributed by atoms with Crippen molar-refractivity contribution in [3.05, 3.63) is 76.6 Å². The van der Waals surface area contributed by atoms with Gasteiger partial charge in [-0.25, -0.2) is 13.2 Å². The smallest absolute Gasteiger partial charge is 0.421 e. The van der Waals surface area contributed by atoms with Gasteiger partial charge in [-0.1, -0.05) is 29.3 Å². The van der Waals surface area contributed by atoms with Crippen LogP contribution in [0.15, 0.2) is 59.6 Å². The van der Waals surface area contributed by atoms with E-state index in [-0.39, 0.29) is 11.4 Å². The van der Waals surface area contributed by atoms with Gasteiger partial charge < -0.3 is 9.67 Å². The van der Waals surface area contributed by atoms with E-state index in [0.717, 1.165) is 16.5 Å². The minimum Gasteiger partial charge on any atom is -0.464 e. The average molecular weight is 473 g/mol. The Balaban J connectivity index is 1.83. The number of hydrogen-bond acceptors (Lipinski definition) is 4. The standard InChI is InChI=1S/C22H21ClN4O4S/c1-14-4-7-18(8-5-14)32(30,31)27(22(28)29)13-19-15(2)24-25(3)21(19)26-11-10-16-12-17(23)6-9-20(16)26/h4-12H,13H2,1-3H3,(H,28,29). The SMILES string of the molecule is Cc1ccc(S(=O)(=O)N(Cc2c(C)nn(C)c2-n2ccc3cc(Cl)ccc32)C(=O)O)cc1. The van der Waals surface area contributed by atoms with Crippen LogP contribution in [0.25, 0.3) is 16.7 Å². The first-order chi connectivity index (χ1) is 15.1. The number of amides is 1. The number of carbonyl (C=O) groups is 1. The van der Waals surface area contributed by atoms with Crippen LogP contribution in [-0.4, -0.2) is 38.3 Å². The third-order valence-corrected chi connectivity index (χ3v) is 7.29. The van der Waals surface area contributed by atoms with Gasteiger partial charge in [0.2, 0.25) is 0 Å². The predicted octanol–water partition coefficient (Wildman–Crippen LogP) is 4.50. The molecule has 1 amide bonds. The van der Waals surface area contributed by atoms with Crippen molar-refractivity contribution in [3.8, 4) is 5.82 Å². The van der Waals surface area contributed by atoms with Crippen molar-refractivity contribution in [1.29, 1.82) is 0 Å². The highest BCUT2D eigenvalue weighted by Gasteiger charge is 2.32. The van der Waals surface area contributed by atoms with Crippen LogP contribution in [-0.2, 0) is 23.6 Å². The Labute approximate surface area is 190 Å². The van der Waals surface area contributed by atoms with Crippen LogP contribution >= 0.6 is 11.6 Å². The third-order valence-electron chi connectivity index (χ3n) is 5.32. The van der Waals surface area contributed by atoms with E-state index in [4.69, 9.17) is 11.6 Å². The number of sulfonamides is 1. The van der Waals surface area contributed by atoms with Gasteiger partial charge in [0.1, 0.15) is 5.82 Å². The van der Waals surface area contributed by atoms with Gasteiger partial charge in [0, 0.05) is 29.2 Å². The highest BCUT2D eigenvalue weighted by Crippen LogP contribution is 2.29. The Morgan fingerprint density at radius 1 is 1.12 bits per heavy atom. The van der Waals surface area contributed by atoms with Crippen molar-refractivity contribution in [2.75, 3.05) is 0 Å². The fraction of sp³-hybridized carbons (Fsp3) is 0.182. The fourth-order valence-corrected chi connectivity index (χ4v) is 5.13. The first-order valence-corrected chi connectivity index (χ1v) is 11.5. The molecule has 1 N–H and O–H groups in total. The molecule has 0 atom stereocenters. The molecule has 4 aromatic rings. The summed E-state index contributed by atoms with van der Waals surface area (Å²) in [6.45, 7) is 3.17. The van der Waals surface area contributed by atoms with Gasteiger partial charge in [-0.3, -0.25) is 4.68 Å². The van der Waals surface area contributed by atoms with Crippen molar-refractivity contribution in [3.63, 3.8) is 0 Å². The Kier molecular flexibility index (Phi) is 5.47. The molecule has 0 aliphatic carbocycles. The van der Waals surface area contributed by atoms with Crippen LogP contribution in [0.3, 0.4) is 0 Å². The van der Waals surface area contributed by atoms with Crippen molar-refractivity contribution >= 4 is 38.6 Å². The van der Waals surface area contributed by atoms with E-state index >= 15 is 0 Å². The van der Waals surface area contributed by atoms with Crippen LogP contribution in [0.1, 0.15) is 16.8 Å². The van der Waals surface area contributed by atoms with Crippen molar-refractivity contribution in [1.82, 2.24) is 18.7 Å². The van der Waals surface area contributed by atoms with E-state index < -0.39 is 16.1 Å². The van der Waals surface area contributed by atoms with Crippen LogP contribution < -0.4 is 0 Å². The number of aryl methyl sites for hydroxylation is 3. The molecule has 0 spiro atoms. The zero-order valence-electron chi connectivity index (χ0n) is 17.7. The summed E-state index contributed by atoms with van der Waals surface area (Å²) in [7, 11) is -2.56. The molecule has 0 saturated heterocycles. The second kappa shape index (κ2) is 7.99. The van der Waals surface area contributed by atoms with E-state index in [1.807, 2.05) is 35.9 Å². The van der Waals surface area contributed by atoms with Gasteiger partial charge >= 0.3 is 6.09 Å². The van der Waals surface area contributed by atoms with Gasteiger partial charge in [0.05, 0.1) is 22.7 Å². The van der Waals surface area contributed by atoms with E-state index in [9.17, 15) is 18.3 Å². The van der Waals surface area contributed by atoms with Crippen LogP contribution in [0.5, 0.6) is 0 Å². The summed E-state index contributed by atoms with van der Waals surface area (Å²) in [6.07, 6.45) is 0.254. The van der Waals surface area contributed by atoms with Gasteiger partial charge in [0.25, 0.3) is 10.0 Å². The summed E-state index contributed by atoms with van der Waals surface area (Å²) in [5.74, 6) is 0.574. The van der Waals surface area contributed by atoms with Gasteiger partial charge in [-0.15, -0.1) is 0 Å². The fourth-order valence-electron chi connectivity index (χ4n) is 3.71. The molecule has 2 aromatic carbocycles. The van der Waals surface area contributed by atoms with E-state index in [0.29, 0.717) is 26.4 Å². The summed E-state index contributed by atoms with van der Waals surface area (Å²) < 4.78 is 30.2. The number of hydrogen-bond donors (Lipinski definition) is 1. The minimum atomic E-state index is -4.29. The second-order valence-corrected chi connectivity index (χ2v) is 9.81. The maximum absolute atomic E-state index is 13.2. The van der Waals surface area contributed by atoms with Crippen LogP contribution in [0.2, 0.25) is 5.02 Å². The highest BCUT2D eigenvalue weighted by molar-refractivity contribution is 7.89. The molecule has 0 fully saturated rings. The molecule has 2 heterocycles. The van der Waals surface area contributed by atoms with Crippen molar-refractivity contribution < 1.29 is 18.3 Å². The van der Waals surface area contributed by atoms with Gasteiger partial charge in [-0.2, -0.15) is 9.40 Å². The minimum absolute atomic E-state index is 0.0883. The molecule has 0 aliphatic rings. The van der Waals surface area contributed by atoms with Crippen molar-refractivity contribution in [2.24, 2.45) is 7.05 Å². The lowest BCUT2D eigenvalue weighted by Crippen LogP contribution is -2.35. The van der Waals surface area contributed by atoms with Crippen LogP contribution in [0, 0.1) is 13.8 Å². The zero-order chi connectivity index (χ0) is 23.2. The Bertz CT molecular complexity index is 1440. The molecule has 2 aromatic heterocycles. The molecule has 166 valence electrons. The summed E-state index contributed by atoms with van der Waals surface area (Å²) in [4.78, 5) is 12.0. The lowest BCUT2D eigenvalue weighted by atomic mass is 10.2. The summed E-state index contributed by atoms with van der Waals surface area (Å²) in [5.41, 5.74) is 2.72. The Morgan fingerprint density at radius 2 is 1.81 bits per heavy atom. The first kappa shape index (κ1) is 21.9. The molecular weight excluding hydrogens is 452 g/mol. The zero-order valence-corrected chi connectivity index (χ0v) is 19.2. The molecule has 0 aliphatic heterocycles. The number of rotatable bonds is 5. The number of nitrogens with zero attached hydrogens (tertiary/aromatic N) is 4. The molecular formula is C22H21ClN4O4S. The predicted molar refractivity (Wildman–Crippen MR) is 122 cm³/mol. The lowest BCUT2D eigenvalue weighted by molar-refractivity contribution is 0.170. The largest absolute Gasteiger partial charge is 0.464 e. The Hall–Kier alpha value is -3.30. The maximum atomic E-state index is 13.2. The normalized spacial score (nSPS) is 11.8. The molecule has 0 unspecified atom stereocenters. The second-order valence-electron chi connectivity index (χ2n) is 7.51. The molecule has 0 saturated carbocycles. The van der Waals surface area contributed by atoms with E-state index in [1.165, 1.54) is 12.1 Å². The molecule has 0 bridgehead atoms. The first-order valence-electron chi connectivity index (χ1n) is 9.71. The van der Waals surface area contributed by atoms with Gasteiger partial charge in [0.15, 0.2) is 0 Å². The van der Waals surface area contributed by atoms with E-state index in [2.05, 4.69) is 5.10 Å². The Morgan fingerprint density at radius 3 is 2.47 bits per heavy atom. The van der Waals surface area contributed by atoms with E-state index in [1.54, 1.807) is 36.9 Å². The summed E-state index contributed by atoms with van der Waals surface area (Å²) in [5, 5.41) is 15.7. The molecule has 4 rings (SSSR count). The number of carboxylic acid groups (broad SMARTS) is 1. The third kappa shape index (κ3) is 3.74. The maximum Gasteiger partial charge on any atom is 0.421 e. The van der Waals surface area contributed by atoms with Crippen LogP contribution in [0.4, 0.5) is 4.79 Å². The molecule has 0 radical (unpaired) electrons. The lowest BCUT2D eigenvalue weighted by Gasteiger charge is -2.20. The number of aromatic nitrogens is 3. The molecule has 8 nitrogen and oxygen atoms in total. The topological polar surface area (TPSA) is 97.4 Å². The number of fused-ring (bicyclic) bond motifs is 1. The summed E-state index contributed by atoms with van der Waals surface area (Å²) >= 11 is 6.10.